The molecule has 2 fully saturated rings. The fraction of sp³-hybridized carbons (Fsp3) is 0.650. The van der Waals surface area contributed by atoms with Crippen molar-refractivity contribution in [2.45, 2.75) is 64.2 Å². The highest BCUT2D eigenvalue weighted by Crippen LogP contribution is 2.23. The van der Waals surface area contributed by atoms with Crippen LogP contribution in [0.3, 0.4) is 0 Å². The zero-order valence-electron chi connectivity index (χ0n) is 15.3. The monoisotopic (exact) mass is 345 g/mol. The minimum absolute atomic E-state index is 0.236. The van der Waals surface area contributed by atoms with E-state index < -0.39 is 0 Å². The first kappa shape index (κ1) is 18.1. The minimum atomic E-state index is -0.236. The van der Waals surface area contributed by atoms with Crippen molar-refractivity contribution in [3.8, 4) is 5.75 Å². The molecule has 25 heavy (non-hydrogen) atoms. The van der Waals surface area contributed by atoms with Crippen molar-refractivity contribution >= 4 is 5.96 Å². The summed E-state index contributed by atoms with van der Waals surface area (Å²) in [6, 6.07) is 8.33. The van der Waals surface area contributed by atoms with Crippen molar-refractivity contribution in [3.05, 3.63) is 29.8 Å². The second-order valence-corrected chi connectivity index (χ2v) is 7.08. The van der Waals surface area contributed by atoms with E-state index in [4.69, 9.17) is 9.73 Å². The Bertz CT molecular complexity index is 553. The molecule has 3 rings (SSSR count). The van der Waals surface area contributed by atoms with Crippen LogP contribution in [-0.2, 0) is 6.54 Å². The van der Waals surface area contributed by atoms with Crippen LogP contribution in [0, 0.1) is 0 Å². The number of nitrogens with one attached hydrogen (secondary N) is 1. The van der Waals surface area contributed by atoms with Gasteiger partial charge >= 0.3 is 0 Å². The summed E-state index contributed by atoms with van der Waals surface area (Å²) in [6.45, 7) is 5.07. The van der Waals surface area contributed by atoms with E-state index in [1.165, 1.54) is 37.7 Å². The maximum absolute atomic E-state index is 9.73. The molecular formula is C20H31N3O2. The third-order valence-electron chi connectivity index (χ3n) is 4.99. The molecule has 2 aliphatic rings. The Kier molecular flexibility index (Phi) is 6.56. The Balaban J connectivity index is 1.55. The smallest absolute Gasteiger partial charge is 0.194 e. The first-order valence-electron chi connectivity index (χ1n) is 9.71. The number of β-amino-alcohol motifs (C(OH)–C–C–N with tert-alkyl or cyclic N) is 1. The molecule has 1 atom stereocenters. The summed E-state index contributed by atoms with van der Waals surface area (Å²) >= 11 is 0. The van der Waals surface area contributed by atoms with Gasteiger partial charge in [-0.25, -0.2) is 4.99 Å². The topological polar surface area (TPSA) is 57.1 Å². The molecule has 138 valence electrons. The standard InChI is InChI=1S/C20H31N3O2/c1-2-21-20(23-13-12-17(24)15-23)22-14-16-8-10-19(11-9-16)25-18-6-4-3-5-7-18/h8-11,17-18,24H,2-7,12-15H2,1H3,(H,21,22)/t17-/m1/s1. The molecule has 1 aliphatic carbocycles. The van der Waals surface area contributed by atoms with Crippen molar-refractivity contribution in [1.29, 1.82) is 0 Å². The molecule has 2 N–H and O–H groups in total. The number of aliphatic hydroxyl groups excluding tert-OH is 1. The van der Waals surface area contributed by atoms with Crippen LogP contribution in [-0.4, -0.2) is 47.8 Å². The molecule has 1 aromatic carbocycles. The average molecular weight is 345 g/mol. The van der Waals surface area contributed by atoms with Gasteiger partial charge in [0.05, 0.1) is 18.8 Å². The molecule has 5 nitrogen and oxygen atoms in total. The summed E-state index contributed by atoms with van der Waals surface area (Å²) in [7, 11) is 0. The molecule has 1 aromatic rings. The van der Waals surface area contributed by atoms with Gasteiger partial charge in [-0.2, -0.15) is 0 Å². The Morgan fingerprint density at radius 2 is 1.96 bits per heavy atom. The molecular weight excluding hydrogens is 314 g/mol. The van der Waals surface area contributed by atoms with Gasteiger partial charge in [0.2, 0.25) is 0 Å². The molecule has 0 radical (unpaired) electrons. The lowest BCUT2D eigenvalue weighted by atomic mass is 9.98. The van der Waals surface area contributed by atoms with Gasteiger partial charge in [-0.05, 0) is 56.7 Å². The van der Waals surface area contributed by atoms with E-state index >= 15 is 0 Å². The number of likely N-dealkylation sites (tertiary alicyclic amines) is 1. The van der Waals surface area contributed by atoms with Gasteiger partial charge in [-0.15, -0.1) is 0 Å². The first-order chi connectivity index (χ1) is 12.2. The number of hydrogen-bond donors (Lipinski definition) is 2. The van der Waals surface area contributed by atoms with Gasteiger partial charge < -0.3 is 20.1 Å². The minimum Gasteiger partial charge on any atom is -0.490 e. The van der Waals surface area contributed by atoms with Gasteiger partial charge in [-0.3, -0.25) is 0 Å². The third kappa shape index (κ3) is 5.36. The highest BCUT2D eigenvalue weighted by molar-refractivity contribution is 5.80. The number of aliphatic imine (C=N–C) groups is 1. The predicted molar refractivity (Wildman–Crippen MR) is 101 cm³/mol. The van der Waals surface area contributed by atoms with E-state index in [2.05, 4.69) is 41.4 Å². The molecule has 0 bridgehead atoms. The second-order valence-electron chi connectivity index (χ2n) is 7.08. The van der Waals surface area contributed by atoms with Crippen LogP contribution in [0.5, 0.6) is 5.75 Å². The second kappa shape index (κ2) is 9.09. The number of guanidine groups is 1. The molecule has 1 aliphatic heterocycles. The number of nitrogens with zero attached hydrogens (tertiary/aromatic N) is 2. The highest BCUT2D eigenvalue weighted by atomic mass is 16.5. The van der Waals surface area contributed by atoms with Crippen LogP contribution < -0.4 is 10.1 Å². The Hall–Kier alpha value is -1.75. The summed E-state index contributed by atoms with van der Waals surface area (Å²) in [5.74, 6) is 1.86. The number of hydrogen-bond acceptors (Lipinski definition) is 3. The lowest BCUT2D eigenvalue weighted by Crippen LogP contribution is -2.40. The maximum Gasteiger partial charge on any atom is 0.194 e. The van der Waals surface area contributed by atoms with Crippen molar-refractivity contribution < 1.29 is 9.84 Å². The van der Waals surface area contributed by atoms with Crippen molar-refractivity contribution in [3.63, 3.8) is 0 Å². The van der Waals surface area contributed by atoms with Crippen LogP contribution in [0.15, 0.2) is 29.3 Å². The lowest BCUT2D eigenvalue weighted by Gasteiger charge is -2.23. The van der Waals surface area contributed by atoms with Crippen LogP contribution in [0.1, 0.15) is 51.0 Å². The third-order valence-corrected chi connectivity index (χ3v) is 4.99. The summed E-state index contributed by atoms with van der Waals surface area (Å²) < 4.78 is 6.08. The van der Waals surface area contributed by atoms with E-state index in [1.54, 1.807) is 0 Å². The molecule has 0 aromatic heterocycles. The van der Waals surface area contributed by atoms with E-state index in [-0.39, 0.29) is 6.10 Å². The lowest BCUT2D eigenvalue weighted by molar-refractivity contribution is 0.155. The fourth-order valence-electron chi connectivity index (χ4n) is 3.58. The Labute approximate surface area is 151 Å². The quantitative estimate of drug-likeness (QED) is 0.636. The molecule has 1 saturated carbocycles. The van der Waals surface area contributed by atoms with Crippen LogP contribution in [0.25, 0.3) is 0 Å². The molecule has 0 unspecified atom stereocenters. The van der Waals surface area contributed by atoms with Crippen molar-refractivity contribution in [1.82, 2.24) is 10.2 Å². The molecule has 1 heterocycles. The summed E-state index contributed by atoms with van der Waals surface area (Å²) in [6.07, 6.45) is 7.25. The summed E-state index contributed by atoms with van der Waals surface area (Å²) in [4.78, 5) is 6.86. The largest absolute Gasteiger partial charge is 0.490 e. The SMILES string of the molecule is CCNC(=NCc1ccc(OC2CCCCC2)cc1)N1CC[C@@H](O)C1. The van der Waals surface area contributed by atoms with Gasteiger partial charge in [0.25, 0.3) is 0 Å². The number of benzene rings is 1. The first-order valence-corrected chi connectivity index (χ1v) is 9.71. The van der Waals surface area contributed by atoms with Gasteiger partial charge in [0, 0.05) is 19.6 Å². The molecule has 1 saturated heterocycles. The number of ether oxygens (including phenoxy) is 1. The normalized spacial score (nSPS) is 22.2. The highest BCUT2D eigenvalue weighted by Gasteiger charge is 2.22. The van der Waals surface area contributed by atoms with E-state index in [1.807, 2.05) is 0 Å². The van der Waals surface area contributed by atoms with E-state index in [9.17, 15) is 5.11 Å². The number of rotatable bonds is 5. The fourth-order valence-corrected chi connectivity index (χ4v) is 3.58. The molecule has 0 spiro atoms. The van der Waals surface area contributed by atoms with Gasteiger partial charge in [-0.1, -0.05) is 18.6 Å². The van der Waals surface area contributed by atoms with Crippen LogP contribution >= 0.6 is 0 Å². The Morgan fingerprint density at radius 1 is 1.20 bits per heavy atom. The molecule has 0 amide bonds. The van der Waals surface area contributed by atoms with Crippen LogP contribution in [0.2, 0.25) is 0 Å². The summed E-state index contributed by atoms with van der Waals surface area (Å²) in [5.41, 5.74) is 1.17. The van der Waals surface area contributed by atoms with Crippen molar-refractivity contribution in [2.75, 3.05) is 19.6 Å². The maximum atomic E-state index is 9.73. The zero-order valence-corrected chi connectivity index (χ0v) is 15.3. The van der Waals surface area contributed by atoms with Crippen molar-refractivity contribution in [2.24, 2.45) is 4.99 Å². The van der Waals surface area contributed by atoms with E-state index in [0.29, 0.717) is 19.2 Å². The average Bonchev–Trinajstić information content (AvgIpc) is 3.07. The van der Waals surface area contributed by atoms with E-state index in [0.717, 1.165) is 31.2 Å². The van der Waals surface area contributed by atoms with Gasteiger partial charge in [0.1, 0.15) is 5.75 Å². The Morgan fingerprint density at radius 3 is 2.60 bits per heavy atom. The van der Waals surface area contributed by atoms with Gasteiger partial charge in [0.15, 0.2) is 5.96 Å². The van der Waals surface area contributed by atoms with Crippen LogP contribution in [0.4, 0.5) is 0 Å². The summed E-state index contributed by atoms with van der Waals surface area (Å²) in [5, 5.41) is 13.0. The number of aliphatic hydroxyl groups is 1. The predicted octanol–water partition coefficient (Wildman–Crippen LogP) is 2.93. The zero-order chi connectivity index (χ0) is 17.5. The molecule has 5 heteroatoms.